The van der Waals surface area contributed by atoms with Crippen LogP contribution in [0.3, 0.4) is 0 Å². The lowest BCUT2D eigenvalue weighted by Crippen LogP contribution is -2.36. The summed E-state index contributed by atoms with van der Waals surface area (Å²) in [5.74, 6) is -1.90. The third-order valence-corrected chi connectivity index (χ3v) is 8.72. The Hall–Kier alpha value is -6.49. The van der Waals surface area contributed by atoms with Gasteiger partial charge in [-0.2, -0.15) is 0 Å². The quantitative estimate of drug-likeness (QED) is 0.131. The van der Waals surface area contributed by atoms with Gasteiger partial charge in [0.2, 0.25) is 6.79 Å². The SMILES string of the molecule is COC(=O)CN1CCOCCN(CC(=O)OC)c2cc(OCC(=O)OCOC(C)=O)c(-c3cc4ccc(C(=O)OC)cc4[nH]3)cc2OCCOc2cc(C)ccc21. The molecule has 1 N–H and O–H groups in total. The number of benzene rings is 3. The van der Waals surface area contributed by atoms with E-state index in [9.17, 15) is 24.0 Å². The summed E-state index contributed by atoms with van der Waals surface area (Å²) in [7, 11) is 3.89. The number of H-pyrrole nitrogens is 1. The molecule has 17 heteroatoms. The smallest absolute Gasteiger partial charge is 0.347 e. The molecule has 0 bridgehead atoms. The summed E-state index contributed by atoms with van der Waals surface area (Å²) in [5, 5.41) is 0.759. The number of aromatic amines is 1. The number of aryl methyl sites for hydroxylation is 1. The van der Waals surface area contributed by atoms with Gasteiger partial charge in [-0.15, -0.1) is 0 Å². The van der Waals surface area contributed by atoms with Crippen molar-refractivity contribution in [3.8, 4) is 28.5 Å². The summed E-state index contributed by atoms with van der Waals surface area (Å²) in [6.45, 7) is 2.66. The molecule has 2 heterocycles. The highest BCUT2D eigenvalue weighted by Crippen LogP contribution is 2.42. The number of nitrogens with one attached hydrogen (secondary N) is 1. The molecule has 1 aromatic heterocycles. The van der Waals surface area contributed by atoms with Crippen LogP contribution in [0, 0.1) is 6.92 Å². The molecule has 5 rings (SSSR count). The second-order valence-electron chi connectivity index (χ2n) is 12.6. The second-order valence-corrected chi connectivity index (χ2v) is 12.6. The molecule has 0 saturated heterocycles. The van der Waals surface area contributed by atoms with Crippen LogP contribution in [0.2, 0.25) is 0 Å². The number of esters is 5. The van der Waals surface area contributed by atoms with E-state index in [1.54, 1.807) is 35.2 Å². The summed E-state index contributed by atoms with van der Waals surface area (Å²) in [6.07, 6.45) is 0. The maximum absolute atomic E-state index is 12.8. The van der Waals surface area contributed by atoms with Crippen LogP contribution >= 0.6 is 0 Å². The fourth-order valence-corrected chi connectivity index (χ4v) is 5.88. The number of rotatable bonds is 11. The van der Waals surface area contributed by atoms with E-state index in [1.165, 1.54) is 28.3 Å². The Balaban J connectivity index is 1.57. The Bertz CT molecular complexity index is 2080. The van der Waals surface area contributed by atoms with Crippen molar-refractivity contribution in [1.29, 1.82) is 0 Å². The van der Waals surface area contributed by atoms with Crippen LogP contribution in [0.15, 0.2) is 54.6 Å². The number of fused-ring (bicyclic) bond motifs is 3. The zero-order chi connectivity index (χ0) is 40.9. The average Bonchev–Trinajstić information content (AvgIpc) is 3.63. The van der Waals surface area contributed by atoms with Gasteiger partial charge in [-0.3, -0.25) is 14.4 Å². The maximum atomic E-state index is 12.8. The van der Waals surface area contributed by atoms with Crippen LogP contribution < -0.4 is 24.0 Å². The number of hydrogen-bond acceptors (Lipinski definition) is 16. The van der Waals surface area contributed by atoms with Crippen molar-refractivity contribution in [2.24, 2.45) is 0 Å². The van der Waals surface area contributed by atoms with E-state index < -0.39 is 43.2 Å². The van der Waals surface area contributed by atoms with Crippen LogP contribution in [0.1, 0.15) is 22.8 Å². The molecule has 0 fully saturated rings. The number of methoxy groups -OCH3 is 3. The van der Waals surface area contributed by atoms with E-state index in [4.69, 9.17) is 42.6 Å². The number of ether oxygens (including phenoxy) is 9. The Morgan fingerprint density at radius 1 is 0.719 bits per heavy atom. The lowest BCUT2D eigenvalue weighted by Gasteiger charge is -2.27. The van der Waals surface area contributed by atoms with Crippen molar-refractivity contribution in [2.45, 2.75) is 13.8 Å². The molecule has 4 aromatic rings. The molecule has 0 spiro atoms. The van der Waals surface area contributed by atoms with Crippen LogP contribution in [0.25, 0.3) is 22.2 Å². The molecule has 57 heavy (non-hydrogen) atoms. The molecule has 0 atom stereocenters. The largest absolute Gasteiger partial charge is 0.488 e. The molecule has 3 aromatic carbocycles. The van der Waals surface area contributed by atoms with Crippen LogP contribution in [-0.4, -0.2) is 122 Å². The van der Waals surface area contributed by atoms with E-state index >= 15 is 0 Å². The molecule has 0 radical (unpaired) electrons. The fraction of sp³-hybridized carbons (Fsp3) is 0.375. The predicted molar refractivity (Wildman–Crippen MR) is 205 cm³/mol. The minimum atomic E-state index is -0.817. The fourth-order valence-electron chi connectivity index (χ4n) is 5.88. The minimum absolute atomic E-state index is 0.0389. The van der Waals surface area contributed by atoms with E-state index in [0.29, 0.717) is 51.8 Å². The van der Waals surface area contributed by atoms with Crippen LogP contribution in [-0.2, 0) is 47.6 Å². The maximum Gasteiger partial charge on any atom is 0.347 e. The molecule has 0 aliphatic carbocycles. The van der Waals surface area contributed by atoms with E-state index in [0.717, 1.165) is 10.9 Å². The number of aromatic nitrogens is 1. The summed E-state index contributed by atoms with van der Waals surface area (Å²) in [6, 6.07) is 15.8. The molecule has 1 aliphatic heterocycles. The van der Waals surface area contributed by atoms with Gasteiger partial charge in [0.05, 0.1) is 57.2 Å². The lowest BCUT2D eigenvalue weighted by molar-refractivity contribution is -0.167. The Kier molecular flexibility index (Phi) is 14.5. The highest BCUT2D eigenvalue weighted by atomic mass is 16.7. The first kappa shape index (κ1) is 41.7. The Labute approximate surface area is 328 Å². The van der Waals surface area contributed by atoms with Crippen molar-refractivity contribution in [3.05, 3.63) is 65.7 Å². The van der Waals surface area contributed by atoms with Gasteiger partial charge < -0.3 is 57.4 Å². The van der Waals surface area contributed by atoms with Gasteiger partial charge in [0, 0.05) is 42.5 Å². The zero-order valence-electron chi connectivity index (χ0n) is 32.4. The van der Waals surface area contributed by atoms with E-state index in [-0.39, 0.29) is 51.8 Å². The average molecular weight is 792 g/mol. The molecule has 0 unspecified atom stereocenters. The highest BCUT2D eigenvalue weighted by Gasteiger charge is 2.24. The topological polar surface area (TPSA) is 191 Å². The van der Waals surface area contributed by atoms with Crippen molar-refractivity contribution in [1.82, 2.24) is 4.98 Å². The normalized spacial score (nSPS) is 13.4. The molecule has 0 saturated carbocycles. The Morgan fingerprint density at radius 3 is 2.04 bits per heavy atom. The summed E-state index contributed by atoms with van der Waals surface area (Å²) >= 11 is 0. The number of nitrogens with zero attached hydrogens (tertiary/aromatic N) is 2. The first-order chi connectivity index (χ1) is 27.5. The Morgan fingerprint density at radius 2 is 1.39 bits per heavy atom. The van der Waals surface area contributed by atoms with Crippen molar-refractivity contribution in [3.63, 3.8) is 0 Å². The predicted octanol–water partition coefficient (Wildman–Crippen LogP) is 3.82. The monoisotopic (exact) mass is 791 g/mol. The third-order valence-electron chi connectivity index (χ3n) is 8.72. The van der Waals surface area contributed by atoms with Crippen LogP contribution in [0.5, 0.6) is 17.2 Å². The van der Waals surface area contributed by atoms with Gasteiger partial charge in [0.15, 0.2) is 6.61 Å². The molecule has 0 amide bonds. The first-order valence-corrected chi connectivity index (χ1v) is 17.9. The number of carbonyl (C=O) groups is 5. The molecule has 17 nitrogen and oxygen atoms in total. The molecule has 1 aliphatic rings. The summed E-state index contributed by atoms with van der Waals surface area (Å²) < 4.78 is 49.3. The number of anilines is 2. The van der Waals surface area contributed by atoms with Gasteiger partial charge in [-0.1, -0.05) is 12.1 Å². The highest BCUT2D eigenvalue weighted by molar-refractivity contribution is 5.96. The summed E-state index contributed by atoms with van der Waals surface area (Å²) in [4.78, 5) is 68.1. The molecule has 304 valence electrons. The van der Waals surface area contributed by atoms with Crippen LogP contribution in [0.4, 0.5) is 11.4 Å². The molecular formula is C40H45N3O14. The first-order valence-electron chi connectivity index (χ1n) is 17.9. The van der Waals surface area contributed by atoms with Gasteiger partial charge >= 0.3 is 29.8 Å². The molecular weight excluding hydrogens is 746 g/mol. The zero-order valence-corrected chi connectivity index (χ0v) is 32.4. The van der Waals surface area contributed by atoms with Crippen molar-refractivity contribution in [2.75, 3.05) is 97.1 Å². The third kappa shape index (κ3) is 11.3. The van der Waals surface area contributed by atoms with Crippen molar-refractivity contribution < 1.29 is 66.6 Å². The minimum Gasteiger partial charge on any atom is -0.488 e. The van der Waals surface area contributed by atoms with E-state index in [2.05, 4.69) is 4.98 Å². The number of carbonyl (C=O) groups excluding carboxylic acids is 5. The summed E-state index contributed by atoms with van der Waals surface area (Å²) in [5.41, 5.74) is 3.94. The standard InChI is InChI=1S/C40H45N3O14/c1-25-6-9-32-35(16-25)53-14-15-54-36-19-29(31-17-27-7-8-28(40(48)51-5)18-30(27)41-31)34(55-23-39(47)57-24-56-26(2)44)20-33(36)43(22-38(46)50-4)11-13-52-12-10-42(32)21-37(45)49-3/h6-9,16-20,41H,10-15,21-24H2,1-5H3. The second kappa shape index (κ2) is 19.9. The van der Waals surface area contributed by atoms with Gasteiger partial charge in [-0.25, -0.2) is 9.59 Å². The van der Waals surface area contributed by atoms with Crippen molar-refractivity contribution >= 4 is 52.1 Å². The lowest BCUT2D eigenvalue weighted by atomic mass is 10.1. The van der Waals surface area contributed by atoms with Gasteiger partial charge in [0.1, 0.15) is 43.6 Å². The van der Waals surface area contributed by atoms with E-state index in [1.807, 2.05) is 36.1 Å². The van der Waals surface area contributed by atoms with Gasteiger partial charge in [-0.05, 0) is 48.9 Å². The van der Waals surface area contributed by atoms with Gasteiger partial charge in [0.25, 0.3) is 0 Å². The number of hydrogen-bond donors (Lipinski definition) is 1.